The first-order valence-electron chi connectivity index (χ1n) is 0.816. The average molecular weight is 142 g/mol. The summed E-state index contributed by atoms with van der Waals surface area (Å²) in [6, 6.07) is 0. The third kappa shape index (κ3) is 47.1. The predicted octanol–water partition coefficient (Wildman–Crippen LogP) is 0.830. The predicted molar refractivity (Wildman–Crippen MR) is 25.6 cm³/mol. The van der Waals surface area contributed by atoms with Gasteiger partial charge in [-0.05, 0) is 0 Å². The molecule has 0 bridgehead atoms. The molecule has 0 heterocycles. The Morgan fingerprint density at radius 3 is 0.800 bits per heavy atom. The summed E-state index contributed by atoms with van der Waals surface area (Å²) < 4.78 is 0. The Morgan fingerprint density at radius 2 is 0.800 bits per heavy atom. The molecule has 1 heteroatoms. The number of rotatable bonds is 0. The topological polar surface area (TPSA) is 0 Å². The largest absolute Gasteiger partial charge is 2.00 e. The molecular weight excluding hydrogens is 136 g/mol. The minimum Gasteiger partial charge on any atom is -0.521 e. The maximum Gasteiger partial charge on any atom is 2.00 e. The van der Waals surface area contributed by atoms with Gasteiger partial charge in [0.05, 0.1) is 0 Å². The Labute approximate surface area is 70.8 Å². The summed E-state index contributed by atoms with van der Waals surface area (Å²) in [5.74, 6) is 0. The van der Waals surface area contributed by atoms with E-state index in [1.54, 1.807) is 0 Å². The van der Waals surface area contributed by atoms with E-state index in [9.17, 15) is 0 Å². The van der Waals surface area contributed by atoms with Gasteiger partial charge in [0.1, 0.15) is 0 Å². The zero-order chi connectivity index (χ0) is 4.00. The van der Waals surface area contributed by atoms with E-state index in [1.807, 2.05) is 0 Å². The van der Waals surface area contributed by atoms with E-state index in [1.165, 1.54) is 0 Å². The summed E-state index contributed by atoms with van der Waals surface area (Å²) in [6.45, 7) is 14.0. The molecule has 0 nitrogen and oxygen atoms in total. The Morgan fingerprint density at radius 1 is 0.800 bits per heavy atom. The van der Waals surface area contributed by atoms with Crippen molar-refractivity contribution in [1.82, 2.24) is 0 Å². The molecule has 0 N–H and O–H groups in total. The second-order valence-electron chi connectivity index (χ2n) is 0. The van der Waals surface area contributed by atoms with Gasteiger partial charge in [-0.25, -0.2) is 0 Å². The summed E-state index contributed by atoms with van der Waals surface area (Å²) in [6.07, 6.45) is 0. The van der Waals surface area contributed by atoms with Crippen LogP contribution in [0.5, 0.6) is 0 Å². The standard InChI is InChI=1S/2C2H3.Sr/c2*1-2;/h2*1H,2H2;/q2*-1;+2. The minimum atomic E-state index is 0. The van der Waals surface area contributed by atoms with Gasteiger partial charge in [-0.15, -0.1) is 0 Å². The first kappa shape index (κ1) is 16.7. The SMILES string of the molecule is [CH-]=C.[CH-]=C.[Sr+2]. The summed E-state index contributed by atoms with van der Waals surface area (Å²) in [7, 11) is 0. The van der Waals surface area contributed by atoms with E-state index >= 15 is 0 Å². The van der Waals surface area contributed by atoms with Crippen LogP contribution < -0.4 is 0 Å². The molecule has 0 spiro atoms. The fourth-order valence-corrected chi connectivity index (χ4v) is 0. The van der Waals surface area contributed by atoms with Crippen molar-refractivity contribution in [2.75, 3.05) is 0 Å². The number of hydrogen-bond donors (Lipinski definition) is 0. The first-order valence-corrected chi connectivity index (χ1v) is 0.816. The summed E-state index contributed by atoms with van der Waals surface area (Å²) in [5.41, 5.74) is 0. The zero-order valence-corrected chi connectivity index (χ0v) is 6.75. The first-order chi connectivity index (χ1) is 2.00. The molecule has 0 amide bonds. The van der Waals surface area contributed by atoms with Crippen molar-refractivity contribution >= 4 is 45.5 Å². The molecule has 0 aliphatic carbocycles. The molecule has 0 rings (SSSR count). The van der Waals surface area contributed by atoms with Gasteiger partial charge in [0, 0.05) is 0 Å². The van der Waals surface area contributed by atoms with Crippen LogP contribution >= 0.6 is 0 Å². The van der Waals surface area contributed by atoms with Gasteiger partial charge < -0.3 is 13.2 Å². The number of hydrogen-bond acceptors (Lipinski definition) is 0. The molecular formula is C4H6Sr. The van der Waals surface area contributed by atoms with Crippen molar-refractivity contribution in [3.05, 3.63) is 26.3 Å². The molecule has 0 radical (unpaired) electrons. The fourth-order valence-electron chi connectivity index (χ4n) is 0. The normalized spacial score (nSPS) is 1.60. The van der Waals surface area contributed by atoms with E-state index in [2.05, 4.69) is 26.3 Å². The smallest absolute Gasteiger partial charge is 0.521 e. The van der Waals surface area contributed by atoms with Crippen LogP contribution in [0.4, 0.5) is 0 Å². The summed E-state index contributed by atoms with van der Waals surface area (Å²) in [4.78, 5) is 0. The van der Waals surface area contributed by atoms with Gasteiger partial charge in [0.2, 0.25) is 0 Å². The van der Waals surface area contributed by atoms with Crippen molar-refractivity contribution in [2.45, 2.75) is 0 Å². The second kappa shape index (κ2) is 84.3. The maximum absolute atomic E-state index is 4.25. The van der Waals surface area contributed by atoms with Gasteiger partial charge in [0.25, 0.3) is 0 Å². The van der Waals surface area contributed by atoms with Crippen LogP contribution in [0.25, 0.3) is 0 Å². The third-order valence-electron chi connectivity index (χ3n) is 0. The Bertz CT molecular complexity index is 5.61. The third-order valence-corrected chi connectivity index (χ3v) is 0. The van der Waals surface area contributed by atoms with E-state index in [0.29, 0.717) is 0 Å². The van der Waals surface area contributed by atoms with Crippen molar-refractivity contribution < 1.29 is 0 Å². The molecule has 0 fully saturated rings. The van der Waals surface area contributed by atoms with Gasteiger partial charge in [-0.2, -0.15) is 0 Å². The van der Waals surface area contributed by atoms with Crippen LogP contribution in [0.15, 0.2) is 13.2 Å². The van der Waals surface area contributed by atoms with Crippen molar-refractivity contribution in [2.24, 2.45) is 0 Å². The van der Waals surface area contributed by atoms with E-state index in [-0.39, 0.29) is 45.5 Å². The summed E-state index contributed by atoms with van der Waals surface area (Å²) in [5, 5.41) is 0. The molecule has 5 heavy (non-hydrogen) atoms. The Hall–Kier alpha value is 0.961. The Kier molecular flexibility index (Phi) is 282. The van der Waals surface area contributed by atoms with Crippen LogP contribution in [0.2, 0.25) is 0 Å². The molecule has 0 aliphatic heterocycles. The fraction of sp³-hybridized carbons (Fsp3) is 0. The van der Waals surface area contributed by atoms with Gasteiger partial charge >= 0.3 is 45.5 Å². The molecule has 0 aromatic heterocycles. The average Bonchev–Trinajstić information content (AvgIpc) is 1.50. The maximum atomic E-state index is 4.25. The molecule has 0 aromatic carbocycles. The minimum absolute atomic E-state index is 0. The molecule has 24 valence electrons. The van der Waals surface area contributed by atoms with Gasteiger partial charge in [-0.3, -0.25) is 13.2 Å². The Balaban J connectivity index is -0.0000000133. The van der Waals surface area contributed by atoms with E-state index in [0.717, 1.165) is 0 Å². The molecule has 0 saturated heterocycles. The quantitative estimate of drug-likeness (QED) is 0.347. The second-order valence-corrected chi connectivity index (χ2v) is 0. The van der Waals surface area contributed by atoms with Gasteiger partial charge in [0.15, 0.2) is 0 Å². The van der Waals surface area contributed by atoms with Crippen LogP contribution in [0.1, 0.15) is 0 Å². The molecule has 0 aliphatic rings. The van der Waals surface area contributed by atoms with Gasteiger partial charge in [-0.1, -0.05) is 0 Å². The monoisotopic (exact) mass is 142 g/mol. The van der Waals surface area contributed by atoms with Crippen molar-refractivity contribution in [3.63, 3.8) is 0 Å². The van der Waals surface area contributed by atoms with Crippen molar-refractivity contribution in [1.29, 1.82) is 0 Å². The van der Waals surface area contributed by atoms with E-state index < -0.39 is 0 Å². The molecule has 0 atom stereocenters. The van der Waals surface area contributed by atoms with Crippen molar-refractivity contribution in [3.8, 4) is 0 Å². The van der Waals surface area contributed by atoms with Crippen LogP contribution in [-0.4, -0.2) is 45.5 Å². The van der Waals surface area contributed by atoms with Crippen LogP contribution in [-0.2, 0) is 0 Å². The summed E-state index contributed by atoms with van der Waals surface area (Å²) >= 11 is 0. The van der Waals surface area contributed by atoms with Crippen LogP contribution in [0, 0.1) is 13.2 Å². The molecule has 0 aromatic rings. The van der Waals surface area contributed by atoms with Crippen LogP contribution in [0.3, 0.4) is 0 Å². The molecule has 0 unspecified atom stereocenters. The van der Waals surface area contributed by atoms with E-state index in [4.69, 9.17) is 0 Å². The molecule has 0 saturated carbocycles. The zero-order valence-electron chi connectivity index (χ0n) is 3.28.